The number of hydrogen-bond acceptors (Lipinski definition) is 1. The monoisotopic (exact) mass is 177 g/mol. The average Bonchev–Trinajstić information content (AvgIpc) is 2.15. The molecule has 0 aliphatic rings. The Morgan fingerprint density at radius 3 is 2.23 bits per heavy atom. The Kier molecular flexibility index (Phi) is 3.97. The molecule has 72 valence electrons. The first-order valence-electron chi connectivity index (χ1n) is 4.95. The van der Waals surface area contributed by atoms with Gasteiger partial charge >= 0.3 is 0 Å². The summed E-state index contributed by atoms with van der Waals surface area (Å²) in [6.07, 6.45) is 0. The van der Waals surface area contributed by atoms with E-state index in [1.54, 1.807) is 0 Å². The third-order valence-corrected chi connectivity index (χ3v) is 2.46. The molecule has 0 aliphatic heterocycles. The highest BCUT2D eigenvalue weighted by Crippen LogP contribution is 2.22. The molecule has 1 heteroatoms. The fraction of sp³-hybridized carbons (Fsp3) is 0.500. The third kappa shape index (κ3) is 2.85. The zero-order chi connectivity index (χ0) is 9.68. The van der Waals surface area contributed by atoms with Gasteiger partial charge in [-0.2, -0.15) is 0 Å². The summed E-state index contributed by atoms with van der Waals surface area (Å²) in [5.41, 5.74) is 1.44. The van der Waals surface area contributed by atoms with E-state index in [1.165, 1.54) is 5.56 Å². The maximum atomic E-state index is 3.25. The Morgan fingerprint density at radius 2 is 1.77 bits per heavy atom. The van der Waals surface area contributed by atoms with Crippen LogP contribution in [-0.2, 0) is 0 Å². The minimum atomic E-state index is 0.631. The molecule has 0 bridgehead atoms. The molecule has 0 aromatic heterocycles. The van der Waals surface area contributed by atoms with Crippen molar-refractivity contribution in [2.75, 3.05) is 13.6 Å². The summed E-state index contributed by atoms with van der Waals surface area (Å²) >= 11 is 0. The molecule has 0 radical (unpaired) electrons. The van der Waals surface area contributed by atoms with E-state index in [2.05, 4.69) is 49.5 Å². The van der Waals surface area contributed by atoms with Crippen LogP contribution in [0.15, 0.2) is 30.3 Å². The number of hydrogen-bond donors (Lipinski definition) is 1. The van der Waals surface area contributed by atoms with Crippen molar-refractivity contribution in [3.8, 4) is 0 Å². The van der Waals surface area contributed by atoms with Crippen LogP contribution in [0.5, 0.6) is 0 Å². The second-order valence-corrected chi connectivity index (χ2v) is 3.82. The van der Waals surface area contributed by atoms with Crippen molar-refractivity contribution >= 4 is 0 Å². The third-order valence-electron chi connectivity index (χ3n) is 2.46. The standard InChI is InChI=1S/C12H19N/c1-10(2)12(9-13-3)11-7-5-4-6-8-11/h4-8,10,12-13H,9H2,1-3H3. The lowest BCUT2D eigenvalue weighted by molar-refractivity contribution is 0.478. The van der Waals surface area contributed by atoms with Gasteiger partial charge in [-0.05, 0) is 24.4 Å². The van der Waals surface area contributed by atoms with Gasteiger partial charge < -0.3 is 5.32 Å². The second kappa shape index (κ2) is 5.03. The maximum absolute atomic E-state index is 3.25. The molecule has 1 N–H and O–H groups in total. The summed E-state index contributed by atoms with van der Waals surface area (Å²) in [6.45, 7) is 5.60. The largest absolute Gasteiger partial charge is 0.319 e. The molecule has 1 aromatic carbocycles. The molecule has 0 fully saturated rings. The summed E-state index contributed by atoms with van der Waals surface area (Å²) in [7, 11) is 2.01. The van der Waals surface area contributed by atoms with E-state index in [4.69, 9.17) is 0 Å². The van der Waals surface area contributed by atoms with Gasteiger partial charge in [0.25, 0.3) is 0 Å². The first kappa shape index (κ1) is 10.3. The van der Waals surface area contributed by atoms with Gasteiger partial charge in [0.05, 0.1) is 0 Å². The van der Waals surface area contributed by atoms with Crippen LogP contribution in [-0.4, -0.2) is 13.6 Å². The SMILES string of the molecule is CNCC(c1ccccc1)C(C)C. The molecule has 0 saturated heterocycles. The van der Waals surface area contributed by atoms with E-state index in [0.717, 1.165) is 6.54 Å². The van der Waals surface area contributed by atoms with Gasteiger partial charge in [-0.3, -0.25) is 0 Å². The lowest BCUT2D eigenvalue weighted by atomic mass is 9.88. The zero-order valence-electron chi connectivity index (χ0n) is 8.75. The normalized spacial score (nSPS) is 13.2. The van der Waals surface area contributed by atoms with Crippen LogP contribution in [0.2, 0.25) is 0 Å². The molecule has 0 spiro atoms. The summed E-state index contributed by atoms with van der Waals surface area (Å²) in [6, 6.07) is 10.7. The van der Waals surface area contributed by atoms with Crippen molar-refractivity contribution in [3.63, 3.8) is 0 Å². The molecule has 1 unspecified atom stereocenters. The molecule has 0 aliphatic carbocycles. The van der Waals surface area contributed by atoms with Gasteiger partial charge in [0.2, 0.25) is 0 Å². The van der Waals surface area contributed by atoms with E-state index in [0.29, 0.717) is 11.8 Å². The van der Waals surface area contributed by atoms with Gasteiger partial charge in [-0.15, -0.1) is 0 Å². The van der Waals surface area contributed by atoms with Crippen LogP contribution in [0.3, 0.4) is 0 Å². The lowest BCUT2D eigenvalue weighted by Crippen LogP contribution is -2.21. The van der Waals surface area contributed by atoms with E-state index < -0.39 is 0 Å². The fourth-order valence-electron chi connectivity index (χ4n) is 1.66. The Balaban J connectivity index is 2.76. The molecular weight excluding hydrogens is 158 g/mol. The minimum Gasteiger partial charge on any atom is -0.319 e. The Hall–Kier alpha value is -0.820. The Bertz CT molecular complexity index is 228. The summed E-state index contributed by atoms with van der Waals surface area (Å²) < 4.78 is 0. The van der Waals surface area contributed by atoms with Crippen molar-refractivity contribution < 1.29 is 0 Å². The lowest BCUT2D eigenvalue weighted by Gasteiger charge is -2.20. The van der Waals surface area contributed by atoms with E-state index >= 15 is 0 Å². The van der Waals surface area contributed by atoms with Crippen LogP contribution in [0, 0.1) is 5.92 Å². The first-order valence-corrected chi connectivity index (χ1v) is 4.95. The fourth-order valence-corrected chi connectivity index (χ4v) is 1.66. The van der Waals surface area contributed by atoms with Crippen molar-refractivity contribution in [1.82, 2.24) is 5.32 Å². The van der Waals surface area contributed by atoms with E-state index in [9.17, 15) is 0 Å². The van der Waals surface area contributed by atoms with Gasteiger partial charge in [0.1, 0.15) is 0 Å². The molecule has 1 nitrogen and oxygen atoms in total. The average molecular weight is 177 g/mol. The van der Waals surface area contributed by atoms with Crippen molar-refractivity contribution in [2.45, 2.75) is 19.8 Å². The van der Waals surface area contributed by atoms with Crippen LogP contribution in [0.25, 0.3) is 0 Å². The molecule has 1 aromatic rings. The highest BCUT2D eigenvalue weighted by atomic mass is 14.8. The Labute approximate surface area is 81.2 Å². The zero-order valence-corrected chi connectivity index (χ0v) is 8.75. The van der Waals surface area contributed by atoms with Crippen molar-refractivity contribution in [1.29, 1.82) is 0 Å². The van der Waals surface area contributed by atoms with E-state index in [1.807, 2.05) is 7.05 Å². The topological polar surface area (TPSA) is 12.0 Å². The smallest absolute Gasteiger partial charge is 0.00196 e. The maximum Gasteiger partial charge on any atom is 0.00196 e. The summed E-state index contributed by atoms with van der Waals surface area (Å²) in [5, 5.41) is 3.25. The van der Waals surface area contributed by atoms with Crippen LogP contribution in [0.4, 0.5) is 0 Å². The Morgan fingerprint density at radius 1 is 1.15 bits per heavy atom. The molecular formula is C12H19N. The van der Waals surface area contributed by atoms with Crippen LogP contribution < -0.4 is 5.32 Å². The van der Waals surface area contributed by atoms with Gasteiger partial charge in [-0.1, -0.05) is 44.2 Å². The second-order valence-electron chi connectivity index (χ2n) is 3.82. The molecule has 0 heterocycles. The summed E-state index contributed by atoms with van der Waals surface area (Å²) in [5.74, 6) is 1.32. The van der Waals surface area contributed by atoms with Gasteiger partial charge in [0.15, 0.2) is 0 Å². The number of rotatable bonds is 4. The number of nitrogens with one attached hydrogen (secondary N) is 1. The predicted molar refractivity (Wildman–Crippen MR) is 57.9 cm³/mol. The highest BCUT2D eigenvalue weighted by Gasteiger charge is 2.13. The van der Waals surface area contributed by atoms with Gasteiger partial charge in [0, 0.05) is 6.54 Å². The predicted octanol–water partition coefficient (Wildman–Crippen LogP) is 2.65. The quantitative estimate of drug-likeness (QED) is 0.745. The molecule has 13 heavy (non-hydrogen) atoms. The van der Waals surface area contributed by atoms with Crippen molar-refractivity contribution in [3.05, 3.63) is 35.9 Å². The molecule has 1 rings (SSSR count). The first-order chi connectivity index (χ1) is 6.25. The van der Waals surface area contributed by atoms with Crippen LogP contribution >= 0.6 is 0 Å². The molecule has 0 amide bonds. The summed E-state index contributed by atoms with van der Waals surface area (Å²) in [4.78, 5) is 0. The number of likely N-dealkylation sites (N-methyl/N-ethyl adjacent to an activating group) is 1. The van der Waals surface area contributed by atoms with Gasteiger partial charge in [-0.25, -0.2) is 0 Å². The van der Waals surface area contributed by atoms with Crippen molar-refractivity contribution in [2.24, 2.45) is 5.92 Å². The van der Waals surface area contributed by atoms with Crippen LogP contribution in [0.1, 0.15) is 25.3 Å². The van der Waals surface area contributed by atoms with E-state index in [-0.39, 0.29) is 0 Å². The highest BCUT2D eigenvalue weighted by molar-refractivity contribution is 5.20. The number of benzene rings is 1. The minimum absolute atomic E-state index is 0.631. The molecule has 0 saturated carbocycles. The molecule has 1 atom stereocenters.